The highest BCUT2D eigenvalue weighted by molar-refractivity contribution is 5.76. The molecule has 2 N–H and O–H groups in total. The Kier molecular flexibility index (Phi) is 11.6. The highest BCUT2D eigenvalue weighted by Crippen LogP contribution is 2.28. The molecule has 1 heterocycles. The van der Waals surface area contributed by atoms with Gasteiger partial charge in [-0.15, -0.1) is 0 Å². The Morgan fingerprint density at radius 2 is 1.62 bits per heavy atom. The van der Waals surface area contributed by atoms with Crippen LogP contribution in [0, 0.1) is 5.92 Å². The molecule has 2 amide bonds. The highest BCUT2D eigenvalue weighted by Gasteiger charge is 2.28. The maximum Gasteiger partial charge on any atom is 0.407 e. The van der Waals surface area contributed by atoms with Crippen molar-refractivity contribution in [2.75, 3.05) is 39.5 Å². The van der Waals surface area contributed by atoms with Gasteiger partial charge in [0.05, 0.1) is 31.5 Å². The number of nitrogens with zero attached hydrogens (tertiary/aromatic N) is 1. The lowest BCUT2D eigenvalue weighted by atomic mass is 9.82. The first-order valence-corrected chi connectivity index (χ1v) is 13.1. The fourth-order valence-corrected chi connectivity index (χ4v) is 4.59. The van der Waals surface area contributed by atoms with E-state index in [0.717, 1.165) is 45.7 Å². The number of nitrogens with one attached hydrogen (secondary N) is 2. The molecular weight excluding hydrogens is 434 g/mol. The first-order chi connectivity index (χ1) is 15.9. The summed E-state index contributed by atoms with van der Waals surface area (Å²) in [4.78, 5) is 27.8. The first-order valence-electron chi connectivity index (χ1n) is 13.1. The van der Waals surface area contributed by atoms with E-state index in [1.54, 1.807) is 0 Å². The van der Waals surface area contributed by atoms with Gasteiger partial charge in [-0.1, -0.05) is 19.3 Å². The lowest BCUT2D eigenvalue weighted by Gasteiger charge is -2.33. The maximum absolute atomic E-state index is 13.0. The van der Waals surface area contributed by atoms with E-state index in [-0.39, 0.29) is 23.6 Å². The minimum atomic E-state index is -0.543. The van der Waals surface area contributed by atoms with E-state index in [0.29, 0.717) is 25.4 Å². The SMILES string of the molecule is CC(C)(C)OCC(CN1CCOCC1)NC(=O)CC[C@H](NC(=O)OC(C)(C)C)C1CCCCC1. The van der Waals surface area contributed by atoms with Crippen LogP contribution in [0.5, 0.6) is 0 Å². The summed E-state index contributed by atoms with van der Waals surface area (Å²) in [6, 6.07) is -0.138. The highest BCUT2D eigenvalue weighted by atomic mass is 16.6. The molecule has 1 saturated heterocycles. The first kappa shape index (κ1) is 28.9. The van der Waals surface area contributed by atoms with Crippen molar-refractivity contribution in [3.63, 3.8) is 0 Å². The van der Waals surface area contributed by atoms with Crippen molar-refractivity contribution in [2.24, 2.45) is 5.92 Å². The minimum Gasteiger partial charge on any atom is -0.444 e. The van der Waals surface area contributed by atoms with Crippen LogP contribution in [0.15, 0.2) is 0 Å². The average Bonchev–Trinajstić information content (AvgIpc) is 2.74. The van der Waals surface area contributed by atoms with Gasteiger partial charge in [0.2, 0.25) is 5.91 Å². The molecule has 2 fully saturated rings. The predicted octanol–water partition coefficient (Wildman–Crippen LogP) is 3.87. The fourth-order valence-electron chi connectivity index (χ4n) is 4.59. The van der Waals surface area contributed by atoms with Crippen LogP contribution in [0.2, 0.25) is 0 Å². The van der Waals surface area contributed by atoms with Crippen LogP contribution < -0.4 is 10.6 Å². The van der Waals surface area contributed by atoms with Crippen molar-refractivity contribution in [1.82, 2.24) is 15.5 Å². The van der Waals surface area contributed by atoms with Crippen molar-refractivity contribution in [3.8, 4) is 0 Å². The molecule has 0 radical (unpaired) electrons. The Bertz CT molecular complexity index is 617. The van der Waals surface area contributed by atoms with E-state index in [1.807, 2.05) is 41.5 Å². The van der Waals surface area contributed by atoms with E-state index in [4.69, 9.17) is 14.2 Å². The zero-order chi connectivity index (χ0) is 25.2. The number of amides is 2. The molecule has 34 heavy (non-hydrogen) atoms. The van der Waals surface area contributed by atoms with Crippen molar-refractivity contribution in [3.05, 3.63) is 0 Å². The summed E-state index contributed by atoms with van der Waals surface area (Å²) >= 11 is 0. The van der Waals surface area contributed by atoms with Gasteiger partial charge in [-0.2, -0.15) is 0 Å². The van der Waals surface area contributed by atoms with Gasteiger partial charge in [-0.3, -0.25) is 9.69 Å². The van der Waals surface area contributed by atoms with E-state index in [2.05, 4.69) is 15.5 Å². The van der Waals surface area contributed by atoms with E-state index in [9.17, 15) is 9.59 Å². The van der Waals surface area contributed by atoms with Gasteiger partial charge >= 0.3 is 6.09 Å². The Morgan fingerprint density at radius 1 is 0.971 bits per heavy atom. The molecule has 0 aromatic heterocycles. The quantitative estimate of drug-likeness (QED) is 0.490. The molecular formula is C26H49N3O5. The van der Waals surface area contributed by atoms with Crippen molar-refractivity contribution in [1.29, 1.82) is 0 Å². The average molecular weight is 484 g/mol. The van der Waals surface area contributed by atoms with Crippen molar-refractivity contribution >= 4 is 12.0 Å². The Balaban J connectivity index is 1.93. The summed E-state index contributed by atoms with van der Waals surface area (Å²) in [7, 11) is 0. The zero-order valence-electron chi connectivity index (χ0n) is 22.4. The van der Waals surface area contributed by atoms with Crippen LogP contribution in [-0.2, 0) is 19.0 Å². The number of hydrogen-bond donors (Lipinski definition) is 2. The van der Waals surface area contributed by atoms with Gasteiger partial charge in [0.1, 0.15) is 5.60 Å². The number of ether oxygens (including phenoxy) is 3. The smallest absolute Gasteiger partial charge is 0.407 e. The summed E-state index contributed by atoms with van der Waals surface area (Å²) in [5.41, 5.74) is -0.810. The molecule has 0 bridgehead atoms. The molecule has 1 saturated carbocycles. The molecule has 8 nitrogen and oxygen atoms in total. The zero-order valence-corrected chi connectivity index (χ0v) is 22.4. The maximum atomic E-state index is 13.0. The molecule has 0 aromatic carbocycles. The standard InChI is InChI=1S/C26H49N3O5/c1-25(2,3)33-19-21(18-29-14-16-32-17-15-29)27-23(30)13-12-22(20-10-8-7-9-11-20)28-24(31)34-26(4,5)6/h20-22H,7-19H2,1-6H3,(H,27,30)(H,28,31)/t21?,22-/m0/s1. The summed E-state index contributed by atoms with van der Waals surface area (Å²) in [6.07, 6.45) is 6.35. The number of morpholine rings is 1. The van der Waals surface area contributed by atoms with Crippen LogP contribution in [0.25, 0.3) is 0 Å². The van der Waals surface area contributed by atoms with Gasteiger partial charge in [-0.05, 0) is 66.7 Å². The van der Waals surface area contributed by atoms with Gasteiger partial charge in [0.25, 0.3) is 0 Å². The lowest BCUT2D eigenvalue weighted by molar-refractivity contribution is -0.123. The summed E-state index contributed by atoms with van der Waals surface area (Å²) in [5, 5.41) is 6.27. The predicted molar refractivity (Wildman–Crippen MR) is 134 cm³/mol. The molecule has 2 rings (SSSR count). The topological polar surface area (TPSA) is 89.1 Å². The second-order valence-electron chi connectivity index (χ2n) is 11.8. The number of alkyl carbamates (subject to hydrolysis) is 1. The molecule has 1 unspecified atom stereocenters. The summed E-state index contributed by atoms with van der Waals surface area (Å²) in [6.45, 7) is 16.1. The molecule has 2 atom stereocenters. The molecule has 0 aromatic rings. The molecule has 1 aliphatic heterocycles. The van der Waals surface area contributed by atoms with Gasteiger partial charge in [-0.25, -0.2) is 4.79 Å². The Labute approximate surface area is 206 Å². The third-order valence-corrected chi connectivity index (χ3v) is 6.27. The fraction of sp³-hybridized carbons (Fsp3) is 0.923. The minimum absolute atomic E-state index is 0.00238. The van der Waals surface area contributed by atoms with E-state index in [1.165, 1.54) is 19.3 Å². The van der Waals surface area contributed by atoms with Crippen LogP contribution in [0.3, 0.4) is 0 Å². The monoisotopic (exact) mass is 483 g/mol. The second kappa shape index (κ2) is 13.6. The van der Waals surface area contributed by atoms with Crippen molar-refractivity contribution in [2.45, 2.75) is 110 Å². The molecule has 0 spiro atoms. The molecule has 1 aliphatic carbocycles. The van der Waals surface area contributed by atoms with Crippen LogP contribution in [0.1, 0.15) is 86.5 Å². The van der Waals surface area contributed by atoms with Crippen LogP contribution >= 0.6 is 0 Å². The normalized spacial score (nSPS) is 20.4. The molecule has 2 aliphatic rings. The number of rotatable bonds is 10. The third-order valence-electron chi connectivity index (χ3n) is 6.27. The Morgan fingerprint density at radius 3 is 2.21 bits per heavy atom. The second-order valence-corrected chi connectivity index (χ2v) is 11.8. The molecule has 8 heteroatoms. The number of hydrogen-bond acceptors (Lipinski definition) is 6. The van der Waals surface area contributed by atoms with Crippen molar-refractivity contribution < 1.29 is 23.8 Å². The van der Waals surface area contributed by atoms with E-state index < -0.39 is 11.7 Å². The van der Waals surface area contributed by atoms with Crippen LogP contribution in [0.4, 0.5) is 4.79 Å². The number of carbonyl (C=O) groups excluding carboxylic acids is 2. The van der Waals surface area contributed by atoms with Gasteiger partial charge in [0.15, 0.2) is 0 Å². The van der Waals surface area contributed by atoms with Gasteiger partial charge in [0, 0.05) is 32.1 Å². The summed E-state index contributed by atoms with van der Waals surface area (Å²) < 4.78 is 17.0. The third kappa shape index (κ3) is 12.4. The summed E-state index contributed by atoms with van der Waals surface area (Å²) in [5.74, 6) is 0.394. The van der Waals surface area contributed by atoms with Gasteiger partial charge < -0.3 is 24.8 Å². The largest absolute Gasteiger partial charge is 0.444 e. The Hall–Kier alpha value is -1.38. The molecule has 198 valence electrons. The van der Waals surface area contributed by atoms with Crippen LogP contribution in [-0.4, -0.2) is 79.6 Å². The van der Waals surface area contributed by atoms with E-state index >= 15 is 0 Å². The lowest BCUT2D eigenvalue weighted by Crippen LogP contribution is -2.50. The number of carbonyl (C=O) groups is 2.